The van der Waals surface area contributed by atoms with Crippen molar-refractivity contribution >= 4 is 33.4 Å². The van der Waals surface area contributed by atoms with Crippen LogP contribution in [0.15, 0.2) is 15.9 Å². The summed E-state index contributed by atoms with van der Waals surface area (Å²) in [5.74, 6) is 0. The Kier molecular flexibility index (Phi) is 6.99. The number of carbonyl (C=O) groups is 1. The van der Waals surface area contributed by atoms with Gasteiger partial charge in [-0.1, -0.05) is 0 Å². The largest absolute Gasteiger partial charge is 0.444 e. The SMILES string of the molecule is CC(NCCCNC(=O)OC(C)(C)C)c1sccc1Br. The Balaban J connectivity index is 2.14. The molecule has 0 radical (unpaired) electrons. The number of thiophene rings is 1. The van der Waals surface area contributed by atoms with E-state index in [0.29, 0.717) is 12.6 Å². The first-order chi connectivity index (χ1) is 9.29. The van der Waals surface area contributed by atoms with Gasteiger partial charge < -0.3 is 15.4 Å². The molecule has 0 saturated heterocycles. The molecule has 0 saturated carbocycles. The number of ether oxygens (including phenoxy) is 1. The average molecular weight is 363 g/mol. The molecule has 4 nitrogen and oxygen atoms in total. The maximum atomic E-state index is 11.4. The lowest BCUT2D eigenvalue weighted by Gasteiger charge is -2.19. The van der Waals surface area contributed by atoms with Crippen LogP contribution in [0, 0.1) is 0 Å². The van der Waals surface area contributed by atoms with Crippen LogP contribution < -0.4 is 10.6 Å². The van der Waals surface area contributed by atoms with E-state index in [1.165, 1.54) is 4.88 Å². The molecule has 1 unspecified atom stereocenters. The highest BCUT2D eigenvalue weighted by atomic mass is 79.9. The molecule has 1 amide bonds. The molecule has 0 aliphatic heterocycles. The van der Waals surface area contributed by atoms with Crippen LogP contribution in [0.5, 0.6) is 0 Å². The molecular formula is C14H23BrN2O2S. The Bertz CT molecular complexity index is 429. The molecule has 1 aromatic heterocycles. The second-order valence-corrected chi connectivity index (χ2v) is 7.39. The summed E-state index contributed by atoms with van der Waals surface area (Å²) < 4.78 is 6.31. The lowest BCUT2D eigenvalue weighted by Crippen LogP contribution is -2.34. The Hall–Kier alpha value is -0.590. The summed E-state index contributed by atoms with van der Waals surface area (Å²) in [6.45, 7) is 9.16. The smallest absolute Gasteiger partial charge is 0.407 e. The number of halogens is 1. The molecule has 1 rings (SSSR count). The van der Waals surface area contributed by atoms with Crippen molar-refractivity contribution in [1.29, 1.82) is 0 Å². The monoisotopic (exact) mass is 362 g/mol. The molecule has 0 aliphatic rings. The fraction of sp³-hybridized carbons (Fsp3) is 0.643. The van der Waals surface area contributed by atoms with E-state index >= 15 is 0 Å². The van der Waals surface area contributed by atoms with Crippen molar-refractivity contribution in [2.45, 2.75) is 45.8 Å². The van der Waals surface area contributed by atoms with Crippen molar-refractivity contribution in [3.8, 4) is 0 Å². The van der Waals surface area contributed by atoms with Gasteiger partial charge in [-0.05, 0) is 68.0 Å². The first-order valence-corrected chi connectivity index (χ1v) is 8.40. The Morgan fingerprint density at radius 1 is 1.45 bits per heavy atom. The van der Waals surface area contributed by atoms with Crippen molar-refractivity contribution < 1.29 is 9.53 Å². The molecule has 0 spiro atoms. The first-order valence-electron chi connectivity index (χ1n) is 6.72. The van der Waals surface area contributed by atoms with Gasteiger partial charge in [0.15, 0.2) is 0 Å². The van der Waals surface area contributed by atoms with E-state index in [1.54, 1.807) is 11.3 Å². The molecule has 1 atom stereocenters. The third-order valence-electron chi connectivity index (χ3n) is 2.51. The van der Waals surface area contributed by atoms with E-state index in [-0.39, 0.29) is 6.09 Å². The van der Waals surface area contributed by atoms with Crippen LogP contribution in [-0.4, -0.2) is 24.8 Å². The van der Waals surface area contributed by atoms with Crippen LogP contribution in [0.2, 0.25) is 0 Å². The van der Waals surface area contributed by atoms with Gasteiger partial charge in [-0.3, -0.25) is 0 Å². The maximum absolute atomic E-state index is 11.4. The third kappa shape index (κ3) is 6.72. The van der Waals surface area contributed by atoms with E-state index in [9.17, 15) is 4.79 Å². The fourth-order valence-electron chi connectivity index (χ4n) is 1.62. The summed E-state index contributed by atoms with van der Waals surface area (Å²) in [6, 6.07) is 2.37. The molecule has 0 aromatic carbocycles. The van der Waals surface area contributed by atoms with Crippen LogP contribution in [0.1, 0.15) is 45.0 Å². The topological polar surface area (TPSA) is 50.4 Å². The van der Waals surface area contributed by atoms with Gasteiger partial charge in [-0.25, -0.2) is 4.79 Å². The van der Waals surface area contributed by atoms with Gasteiger partial charge in [0.05, 0.1) is 0 Å². The number of alkyl carbamates (subject to hydrolysis) is 1. The fourth-order valence-corrected chi connectivity index (χ4v) is 3.37. The average Bonchev–Trinajstić information content (AvgIpc) is 2.72. The number of hydrogen-bond acceptors (Lipinski definition) is 4. The predicted molar refractivity (Wildman–Crippen MR) is 87.3 cm³/mol. The van der Waals surface area contributed by atoms with Crippen LogP contribution >= 0.6 is 27.3 Å². The van der Waals surface area contributed by atoms with Crippen molar-refractivity contribution in [2.75, 3.05) is 13.1 Å². The van der Waals surface area contributed by atoms with Crippen LogP contribution in [-0.2, 0) is 4.74 Å². The second kappa shape index (κ2) is 8.00. The zero-order chi connectivity index (χ0) is 15.2. The molecule has 0 bridgehead atoms. The van der Waals surface area contributed by atoms with Gasteiger partial charge >= 0.3 is 6.09 Å². The molecule has 0 fully saturated rings. The van der Waals surface area contributed by atoms with Crippen molar-refractivity contribution in [2.24, 2.45) is 0 Å². The molecule has 6 heteroatoms. The van der Waals surface area contributed by atoms with E-state index in [4.69, 9.17) is 4.74 Å². The second-order valence-electron chi connectivity index (χ2n) is 5.59. The summed E-state index contributed by atoms with van der Waals surface area (Å²) in [6.07, 6.45) is 0.513. The molecule has 114 valence electrons. The van der Waals surface area contributed by atoms with Crippen LogP contribution in [0.4, 0.5) is 4.79 Å². The van der Waals surface area contributed by atoms with Gasteiger partial charge in [0.1, 0.15) is 5.60 Å². The minimum atomic E-state index is -0.442. The standard InChI is InChI=1S/C14H23BrN2O2S/c1-10(12-11(15)6-9-20-12)16-7-5-8-17-13(18)19-14(2,3)4/h6,9-10,16H,5,7-8H2,1-4H3,(H,17,18). The van der Waals surface area contributed by atoms with E-state index < -0.39 is 5.60 Å². The van der Waals surface area contributed by atoms with E-state index in [1.807, 2.05) is 20.8 Å². The maximum Gasteiger partial charge on any atom is 0.407 e. The molecule has 0 aliphatic carbocycles. The van der Waals surface area contributed by atoms with Crippen LogP contribution in [0.25, 0.3) is 0 Å². The van der Waals surface area contributed by atoms with E-state index in [0.717, 1.165) is 17.4 Å². The van der Waals surface area contributed by atoms with Gasteiger partial charge in [-0.15, -0.1) is 11.3 Å². The van der Waals surface area contributed by atoms with Gasteiger partial charge in [0.25, 0.3) is 0 Å². The highest BCUT2D eigenvalue weighted by Gasteiger charge is 2.15. The predicted octanol–water partition coefficient (Wildman–Crippen LogP) is 4.08. The summed E-state index contributed by atoms with van der Waals surface area (Å²) in [5, 5.41) is 8.26. The number of amides is 1. The van der Waals surface area contributed by atoms with E-state index in [2.05, 4.69) is 44.9 Å². The van der Waals surface area contributed by atoms with Crippen molar-refractivity contribution in [1.82, 2.24) is 10.6 Å². The number of hydrogen-bond donors (Lipinski definition) is 2. The van der Waals surface area contributed by atoms with Gasteiger partial charge in [-0.2, -0.15) is 0 Å². The molecular weight excluding hydrogens is 340 g/mol. The Labute approximate surface area is 133 Å². The molecule has 1 aromatic rings. The quantitative estimate of drug-likeness (QED) is 0.749. The number of nitrogens with one attached hydrogen (secondary N) is 2. The number of carbonyl (C=O) groups excluding carboxylic acids is 1. The first kappa shape index (κ1) is 17.5. The minimum absolute atomic E-state index is 0.311. The minimum Gasteiger partial charge on any atom is -0.444 e. The van der Waals surface area contributed by atoms with Crippen molar-refractivity contribution in [3.63, 3.8) is 0 Å². The highest BCUT2D eigenvalue weighted by molar-refractivity contribution is 9.10. The Morgan fingerprint density at radius 3 is 2.70 bits per heavy atom. The molecule has 2 N–H and O–H groups in total. The molecule has 20 heavy (non-hydrogen) atoms. The number of rotatable bonds is 6. The summed E-state index contributed by atoms with van der Waals surface area (Å²) in [4.78, 5) is 12.7. The van der Waals surface area contributed by atoms with Crippen molar-refractivity contribution in [3.05, 3.63) is 20.8 Å². The lowest BCUT2D eigenvalue weighted by molar-refractivity contribution is 0.0527. The summed E-state index contributed by atoms with van der Waals surface area (Å²) in [7, 11) is 0. The van der Waals surface area contributed by atoms with Gasteiger partial charge in [0.2, 0.25) is 0 Å². The highest BCUT2D eigenvalue weighted by Crippen LogP contribution is 2.28. The lowest BCUT2D eigenvalue weighted by atomic mass is 10.2. The van der Waals surface area contributed by atoms with Gasteiger partial charge in [0, 0.05) is 21.9 Å². The normalized spacial score (nSPS) is 13.1. The summed E-state index contributed by atoms with van der Waals surface area (Å²) in [5.41, 5.74) is -0.442. The zero-order valence-corrected chi connectivity index (χ0v) is 14.9. The Morgan fingerprint density at radius 2 is 2.15 bits per heavy atom. The zero-order valence-electron chi connectivity index (χ0n) is 12.5. The molecule has 1 heterocycles. The third-order valence-corrected chi connectivity index (χ3v) is 4.56. The summed E-state index contributed by atoms with van der Waals surface area (Å²) >= 11 is 5.27. The van der Waals surface area contributed by atoms with Crippen LogP contribution in [0.3, 0.4) is 0 Å².